The monoisotopic (exact) mass is 228 g/mol. The van der Waals surface area contributed by atoms with Gasteiger partial charge in [0.15, 0.2) is 0 Å². The van der Waals surface area contributed by atoms with Crippen LogP contribution in [0.15, 0.2) is 0 Å². The molecule has 0 aromatic rings. The number of nitrogens with zero attached hydrogens (tertiary/aromatic N) is 1. The average Bonchev–Trinajstić information content (AvgIpc) is 2.15. The van der Waals surface area contributed by atoms with Crippen LogP contribution >= 0.6 is 0 Å². The number of aliphatic hydroxyl groups is 1. The van der Waals surface area contributed by atoms with Crippen LogP contribution in [0.2, 0.25) is 0 Å². The molecule has 0 saturated carbocycles. The zero-order valence-electron chi connectivity index (χ0n) is 11.2. The molecule has 0 spiro atoms. The summed E-state index contributed by atoms with van der Waals surface area (Å²) in [5.74, 6) is 0.442. The Morgan fingerprint density at radius 1 is 1.44 bits per heavy atom. The molecule has 3 atom stereocenters. The van der Waals surface area contributed by atoms with E-state index in [1.165, 1.54) is 6.42 Å². The number of rotatable bonds is 3. The average molecular weight is 228 g/mol. The summed E-state index contributed by atoms with van der Waals surface area (Å²) in [5, 5.41) is 9.27. The number of hydrogen-bond donors (Lipinski definition) is 2. The molecule has 1 saturated heterocycles. The van der Waals surface area contributed by atoms with E-state index >= 15 is 0 Å². The van der Waals surface area contributed by atoms with Crippen molar-refractivity contribution in [2.24, 2.45) is 17.1 Å². The molecule has 0 amide bonds. The molecule has 1 aliphatic rings. The first kappa shape index (κ1) is 13.9. The molecule has 3 unspecified atom stereocenters. The summed E-state index contributed by atoms with van der Waals surface area (Å²) in [6, 6.07) is 0.583. The van der Waals surface area contributed by atoms with Gasteiger partial charge in [0, 0.05) is 25.2 Å². The minimum absolute atomic E-state index is 0.178. The van der Waals surface area contributed by atoms with Gasteiger partial charge in [0.25, 0.3) is 0 Å². The second-order valence-electron chi connectivity index (χ2n) is 6.36. The molecule has 1 heterocycles. The number of likely N-dealkylation sites (tertiary alicyclic amines) is 1. The molecule has 1 rings (SSSR count). The lowest BCUT2D eigenvalue weighted by Gasteiger charge is -2.46. The van der Waals surface area contributed by atoms with Gasteiger partial charge in [-0.3, -0.25) is 4.90 Å². The number of hydrogen-bond acceptors (Lipinski definition) is 3. The van der Waals surface area contributed by atoms with Crippen LogP contribution in [0.5, 0.6) is 0 Å². The van der Waals surface area contributed by atoms with Crippen molar-refractivity contribution in [3.63, 3.8) is 0 Å². The van der Waals surface area contributed by atoms with Crippen LogP contribution in [0, 0.1) is 11.3 Å². The van der Waals surface area contributed by atoms with Crippen molar-refractivity contribution < 1.29 is 5.11 Å². The molecule has 0 aromatic heterocycles. The smallest absolute Gasteiger partial charge is 0.0471 e. The van der Waals surface area contributed by atoms with Crippen LogP contribution < -0.4 is 5.73 Å². The van der Waals surface area contributed by atoms with Crippen molar-refractivity contribution in [1.29, 1.82) is 0 Å². The fourth-order valence-electron chi connectivity index (χ4n) is 3.17. The van der Waals surface area contributed by atoms with Crippen LogP contribution in [0.3, 0.4) is 0 Å². The molecule has 96 valence electrons. The maximum Gasteiger partial charge on any atom is 0.0471 e. The highest BCUT2D eigenvalue weighted by atomic mass is 16.3. The Bertz CT molecular complexity index is 210. The molecule has 3 heteroatoms. The summed E-state index contributed by atoms with van der Waals surface area (Å²) in [5.41, 5.74) is 6.34. The van der Waals surface area contributed by atoms with E-state index in [9.17, 15) is 5.11 Å². The largest absolute Gasteiger partial charge is 0.396 e. The topological polar surface area (TPSA) is 49.5 Å². The van der Waals surface area contributed by atoms with Crippen molar-refractivity contribution >= 4 is 0 Å². The molecule has 0 aliphatic carbocycles. The molecule has 0 aromatic carbocycles. The number of aliphatic hydroxyl groups excluding tert-OH is 1. The van der Waals surface area contributed by atoms with E-state index in [0.29, 0.717) is 18.6 Å². The first-order valence-corrected chi connectivity index (χ1v) is 6.46. The van der Waals surface area contributed by atoms with Crippen LogP contribution in [-0.2, 0) is 0 Å². The third-order valence-electron chi connectivity index (χ3n) is 3.59. The van der Waals surface area contributed by atoms with Gasteiger partial charge in [-0.1, -0.05) is 20.8 Å². The van der Waals surface area contributed by atoms with E-state index in [-0.39, 0.29) is 11.5 Å². The molecule has 0 radical (unpaired) electrons. The predicted molar refractivity (Wildman–Crippen MR) is 68.3 cm³/mol. The molecular formula is C13H28N2O. The summed E-state index contributed by atoms with van der Waals surface area (Å²) >= 11 is 0. The van der Waals surface area contributed by atoms with Gasteiger partial charge in [-0.25, -0.2) is 0 Å². The van der Waals surface area contributed by atoms with Crippen LogP contribution in [0.1, 0.15) is 40.5 Å². The molecule has 3 N–H and O–H groups in total. The third kappa shape index (κ3) is 3.44. The molecule has 16 heavy (non-hydrogen) atoms. The molecular weight excluding hydrogens is 200 g/mol. The first-order valence-electron chi connectivity index (χ1n) is 6.46. The van der Waals surface area contributed by atoms with E-state index < -0.39 is 0 Å². The lowest BCUT2D eigenvalue weighted by molar-refractivity contribution is 0.0300. The van der Waals surface area contributed by atoms with E-state index in [1.54, 1.807) is 0 Å². The number of nitrogens with two attached hydrogens (primary N) is 1. The Morgan fingerprint density at radius 3 is 2.50 bits per heavy atom. The molecule has 0 bridgehead atoms. The first-order chi connectivity index (χ1) is 7.36. The van der Waals surface area contributed by atoms with Gasteiger partial charge in [0.1, 0.15) is 0 Å². The zero-order valence-corrected chi connectivity index (χ0v) is 11.2. The van der Waals surface area contributed by atoms with Crippen molar-refractivity contribution in [1.82, 2.24) is 4.90 Å². The van der Waals surface area contributed by atoms with Crippen LogP contribution in [0.25, 0.3) is 0 Å². The summed E-state index contributed by atoms with van der Waals surface area (Å²) in [4.78, 5) is 2.48. The van der Waals surface area contributed by atoms with Gasteiger partial charge < -0.3 is 10.8 Å². The van der Waals surface area contributed by atoms with Gasteiger partial charge in [-0.2, -0.15) is 0 Å². The van der Waals surface area contributed by atoms with Gasteiger partial charge in [-0.05, 0) is 37.6 Å². The second-order valence-corrected chi connectivity index (χ2v) is 6.36. The van der Waals surface area contributed by atoms with Gasteiger partial charge >= 0.3 is 0 Å². The van der Waals surface area contributed by atoms with E-state index in [2.05, 4.69) is 32.6 Å². The summed E-state index contributed by atoms with van der Waals surface area (Å²) in [6.45, 7) is 11.3. The SMILES string of the molecule is CC(N)C(N1CCCC(CO)C1)C(C)(C)C. The number of piperidine rings is 1. The summed E-state index contributed by atoms with van der Waals surface area (Å²) in [6.07, 6.45) is 2.34. The molecule has 1 aliphatic heterocycles. The molecule has 1 fully saturated rings. The highest BCUT2D eigenvalue weighted by molar-refractivity contribution is 4.91. The summed E-state index contributed by atoms with van der Waals surface area (Å²) < 4.78 is 0. The van der Waals surface area contributed by atoms with Gasteiger partial charge in [0.2, 0.25) is 0 Å². The minimum Gasteiger partial charge on any atom is -0.396 e. The Balaban J connectivity index is 2.71. The quantitative estimate of drug-likeness (QED) is 0.769. The van der Waals surface area contributed by atoms with Gasteiger partial charge in [0.05, 0.1) is 0 Å². The highest BCUT2D eigenvalue weighted by Crippen LogP contribution is 2.30. The standard InChI is InChI=1S/C13H28N2O/c1-10(14)12(13(2,3)4)15-7-5-6-11(8-15)9-16/h10-12,16H,5-9,14H2,1-4H3. The van der Waals surface area contributed by atoms with Crippen LogP contribution in [0.4, 0.5) is 0 Å². The Morgan fingerprint density at radius 2 is 2.06 bits per heavy atom. The highest BCUT2D eigenvalue weighted by Gasteiger charge is 2.35. The predicted octanol–water partition coefficient (Wildman–Crippen LogP) is 1.45. The van der Waals surface area contributed by atoms with Crippen molar-refractivity contribution in [3.8, 4) is 0 Å². The van der Waals surface area contributed by atoms with Crippen molar-refractivity contribution in [3.05, 3.63) is 0 Å². The Labute approximate surface area is 100 Å². The van der Waals surface area contributed by atoms with Crippen molar-refractivity contribution in [2.75, 3.05) is 19.7 Å². The maximum atomic E-state index is 9.27. The lowest BCUT2D eigenvalue weighted by Crippen LogP contribution is -2.56. The normalized spacial score (nSPS) is 27.8. The zero-order chi connectivity index (χ0) is 12.3. The lowest BCUT2D eigenvalue weighted by atomic mass is 9.80. The Hall–Kier alpha value is -0.120. The minimum atomic E-state index is 0.178. The second kappa shape index (κ2) is 5.48. The summed E-state index contributed by atoms with van der Waals surface area (Å²) in [7, 11) is 0. The maximum absolute atomic E-state index is 9.27. The fourth-order valence-corrected chi connectivity index (χ4v) is 3.17. The van der Waals surface area contributed by atoms with Gasteiger partial charge in [-0.15, -0.1) is 0 Å². The third-order valence-corrected chi connectivity index (χ3v) is 3.59. The van der Waals surface area contributed by atoms with Crippen LogP contribution in [-0.4, -0.2) is 41.8 Å². The van der Waals surface area contributed by atoms with Crippen molar-refractivity contribution in [2.45, 2.75) is 52.6 Å². The fraction of sp³-hybridized carbons (Fsp3) is 1.00. The van der Waals surface area contributed by atoms with E-state index in [0.717, 1.165) is 19.5 Å². The van der Waals surface area contributed by atoms with E-state index in [1.807, 2.05) is 0 Å². The Kier molecular flexibility index (Phi) is 4.77. The van der Waals surface area contributed by atoms with E-state index in [4.69, 9.17) is 5.73 Å². The molecule has 3 nitrogen and oxygen atoms in total.